The maximum atomic E-state index is 12.1. The van der Waals surface area contributed by atoms with Crippen molar-refractivity contribution in [1.82, 2.24) is 9.97 Å². The molecule has 1 heterocycles. The maximum Gasteiger partial charge on any atom is 0.320 e. The van der Waals surface area contributed by atoms with Gasteiger partial charge < -0.3 is 14.8 Å². The minimum absolute atomic E-state index is 0.0819. The minimum atomic E-state index is -0.354. The highest BCUT2D eigenvalue weighted by Crippen LogP contribution is 2.15. The van der Waals surface area contributed by atoms with Gasteiger partial charge in [-0.2, -0.15) is 9.97 Å². The normalized spacial score (nSPS) is 9.95. The van der Waals surface area contributed by atoms with E-state index < -0.39 is 0 Å². The highest BCUT2D eigenvalue weighted by Gasteiger charge is 2.12. The first kappa shape index (κ1) is 13.8. The highest BCUT2D eigenvalue weighted by atomic mass is 16.5. The van der Waals surface area contributed by atoms with Gasteiger partial charge >= 0.3 is 6.01 Å². The van der Waals surface area contributed by atoms with Crippen LogP contribution in [0.15, 0.2) is 30.3 Å². The quantitative estimate of drug-likeness (QED) is 0.923. The van der Waals surface area contributed by atoms with Gasteiger partial charge in [-0.1, -0.05) is 17.7 Å². The number of aryl methyl sites for hydroxylation is 1. The van der Waals surface area contributed by atoms with Crippen LogP contribution in [0, 0.1) is 6.92 Å². The summed E-state index contributed by atoms with van der Waals surface area (Å²) in [5.74, 6) is -0.0845. The van der Waals surface area contributed by atoms with Gasteiger partial charge in [0.2, 0.25) is 5.88 Å². The standard InChI is InChI=1S/C14H15N3O3/c1-9-4-6-10(7-5-9)15-13(18)11-8-12(19-2)17-14(16-11)20-3/h4-8H,1-3H3,(H,15,18). The molecule has 2 aromatic rings. The second kappa shape index (κ2) is 6.01. The zero-order valence-corrected chi connectivity index (χ0v) is 11.5. The fraction of sp³-hybridized carbons (Fsp3) is 0.214. The molecule has 0 spiro atoms. The highest BCUT2D eigenvalue weighted by molar-refractivity contribution is 6.03. The molecule has 0 saturated heterocycles. The first-order valence-corrected chi connectivity index (χ1v) is 5.97. The second-order valence-corrected chi connectivity index (χ2v) is 4.10. The Hall–Kier alpha value is -2.63. The molecule has 1 aromatic carbocycles. The number of amides is 1. The summed E-state index contributed by atoms with van der Waals surface area (Å²) in [5, 5.41) is 2.75. The topological polar surface area (TPSA) is 73.3 Å². The summed E-state index contributed by atoms with van der Waals surface area (Å²) >= 11 is 0. The van der Waals surface area contributed by atoms with Crippen LogP contribution in [0.5, 0.6) is 11.9 Å². The summed E-state index contributed by atoms with van der Waals surface area (Å²) in [7, 11) is 2.89. The molecule has 6 nitrogen and oxygen atoms in total. The number of methoxy groups -OCH3 is 2. The summed E-state index contributed by atoms with van der Waals surface area (Å²) < 4.78 is 9.93. The van der Waals surface area contributed by atoms with Gasteiger partial charge in [-0.25, -0.2) is 0 Å². The van der Waals surface area contributed by atoms with Crippen molar-refractivity contribution in [3.05, 3.63) is 41.6 Å². The van der Waals surface area contributed by atoms with Gasteiger partial charge in [0.05, 0.1) is 14.2 Å². The summed E-state index contributed by atoms with van der Waals surface area (Å²) in [6, 6.07) is 9.00. The van der Waals surface area contributed by atoms with Crippen LogP contribution in [0.25, 0.3) is 0 Å². The van der Waals surface area contributed by atoms with Gasteiger partial charge in [0.25, 0.3) is 5.91 Å². The molecule has 1 amide bonds. The molecule has 0 bridgehead atoms. The summed E-state index contributed by atoms with van der Waals surface area (Å²) in [6.07, 6.45) is 0. The van der Waals surface area contributed by atoms with E-state index in [0.717, 1.165) is 5.56 Å². The van der Waals surface area contributed by atoms with Crippen LogP contribution in [0.3, 0.4) is 0 Å². The molecule has 0 aliphatic rings. The predicted molar refractivity (Wildman–Crippen MR) is 74.3 cm³/mol. The number of anilines is 1. The third-order valence-electron chi connectivity index (χ3n) is 2.62. The van der Waals surface area contributed by atoms with Gasteiger partial charge in [0.15, 0.2) is 0 Å². The van der Waals surface area contributed by atoms with Crippen molar-refractivity contribution in [2.45, 2.75) is 6.92 Å². The molecule has 2 rings (SSSR count). The van der Waals surface area contributed by atoms with Crippen molar-refractivity contribution in [2.24, 2.45) is 0 Å². The van der Waals surface area contributed by atoms with E-state index in [9.17, 15) is 4.79 Å². The van der Waals surface area contributed by atoms with Crippen LogP contribution in [0.4, 0.5) is 5.69 Å². The predicted octanol–water partition coefficient (Wildman–Crippen LogP) is 2.05. The number of carbonyl (C=O) groups is 1. The largest absolute Gasteiger partial charge is 0.481 e. The number of aromatic nitrogens is 2. The Kier molecular flexibility index (Phi) is 4.14. The molecular weight excluding hydrogens is 258 g/mol. The molecule has 0 atom stereocenters. The Morgan fingerprint density at radius 2 is 1.80 bits per heavy atom. The van der Waals surface area contributed by atoms with Crippen molar-refractivity contribution in [1.29, 1.82) is 0 Å². The number of hydrogen-bond acceptors (Lipinski definition) is 5. The molecule has 0 saturated carbocycles. The average Bonchev–Trinajstić information content (AvgIpc) is 2.48. The van der Waals surface area contributed by atoms with E-state index in [1.54, 1.807) is 0 Å². The number of ether oxygens (including phenoxy) is 2. The van der Waals surface area contributed by atoms with Gasteiger partial charge in [-0.15, -0.1) is 0 Å². The van der Waals surface area contributed by atoms with E-state index in [-0.39, 0.29) is 23.5 Å². The lowest BCUT2D eigenvalue weighted by Gasteiger charge is -2.07. The monoisotopic (exact) mass is 273 g/mol. The van der Waals surface area contributed by atoms with Gasteiger partial charge in [-0.3, -0.25) is 4.79 Å². The molecule has 6 heteroatoms. The van der Waals surface area contributed by atoms with Crippen LogP contribution >= 0.6 is 0 Å². The van der Waals surface area contributed by atoms with Crippen LogP contribution in [-0.4, -0.2) is 30.1 Å². The molecule has 0 radical (unpaired) electrons. The molecule has 1 N–H and O–H groups in total. The lowest BCUT2D eigenvalue weighted by Crippen LogP contribution is -2.14. The van der Waals surface area contributed by atoms with Crippen LogP contribution in [0.2, 0.25) is 0 Å². The maximum absolute atomic E-state index is 12.1. The zero-order chi connectivity index (χ0) is 14.5. The molecule has 1 aromatic heterocycles. The number of hydrogen-bond donors (Lipinski definition) is 1. The average molecular weight is 273 g/mol. The van der Waals surface area contributed by atoms with E-state index >= 15 is 0 Å². The SMILES string of the molecule is COc1cc(C(=O)Nc2ccc(C)cc2)nc(OC)n1. The summed E-state index contributed by atoms with van der Waals surface area (Å²) in [4.78, 5) is 20.0. The van der Waals surface area contributed by atoms with Crippen LogP contribution in [0.1, 0.15) is 16.1 Å². The first-order chi connectivity index (χ1) is 9.62. The summed E-state index contributed by atoms with van der Waals surface area (Å²) in [6.45, 7) is 1.98. The Morgan fingerprint density at radius 3 is 2.40 bits per heavy atom. The van der Waals surface area contributed by atoms with E-state index in [4.69, 9.17) is 9.47 Å². The fourth-order valence-corrected chi connectivity index (χ4v) is 1.55. The minimum Gasteiger partial charge on any atom is -0.481 e. The molecular formula is C14H15N3O3. The van der Waals surface area contributed by atoms with Gasteiger partial charge in [0.1, 0.15) is 5.69 Å². The molecule has 104 valence electrons. The van der Waals surface area contributed by atoms with E-state index in [0.29, 0.717) is 5.69 Å². The van der Waals surface area contributed by atoms with Gasteiger partial charge in [0, 0.05) is 11.8 Å². The van der Waals surface area contributed by atoms with Crippen molar-refractivity contribution in [3.8, 4) is 11.9 Å². The third-order valence-corrected chi connectivity index (χ3v) is 2.62. The zero-order valence-electron chi connectivity index (χ0n) is 11.5. The molecule has 0 fully saturated rings. The Morgan fingerprint density at radius 1 is 1.10 bits per heavy atom. The van der Waals surface area contributed by atoms with Crippen LogP contribution in [-0.2, 0) is 0 Å². The van der Waals surface area contributed by atoms with Crippen molar-refractivity contribution < 1.29 is 14.3 Å². The number of nitrogens with zero attached hydrogens (tertiary/aromatic N) is 2. The summed E-state index contributed by atoms with van der Waals surface area (Å²) in [5.41, 5.74) is 1.99. The van der Waals surface area contributed by atoms with Crippen molar-refractivity contribution in [3.63, 3.8) is 0 Å². The van der Waals surface area contributed by atoms with Crippen LogP contribution < -0.4 is 14.8 Å². The molecule has 0 aliphatic heterocycles. The molecule has 0 aliphatic carbocycles. The third kappa shape index (κ3) is 3.23. The smallest absolute Gasteiger partial charge is 0.320 e. The van der Waals surface area contributed by atoms with E-state index in [1.807, 2.05) is 31.2 Å². The van der Waals surface area contributed by atoms with Gasteiger partial charge in [-0.05, 0) is 19.1 Å². The van der Waals surface area contributed by atoms with Crippen molar-refractivity contribution in [2.75, 3.05) is 19.5 Å². The number of carbonyl (C=O) groups excluding carboxylic acids is 1. The van der Waals surface area contributed by atoms with Crippen molar-refractivity contribution >= 4 is 11.6 Å². The molecule has 20 heavy (non-hydrogen) atoms. The first-order valence-electron chi connectivity index (χ1n) is 5.97. The Balaban J connectivity index is 2.22. The van der Waals surface area contributed by atoms with E-state index in [1.165, 1.54) is 20.3 Å². The Labute approximate surface area is 116 Å². The number of benzene rings is 1. The lowest BCUT2D eigenvalue weighted by molar-refractivity contribution is 0.102. The lowest BCUT2D eigenvalue weighted by atomic mass is 10.2. The fourth-order valence-electron chi connectivity index (χ4n) is 1.55. The molecule has 0 unspecified atom stereocenters. The Bertz CT molecular complexity index is 589. The number of nitrogens with one attached hydrogen (secondary N) is 1. The van der Waals surface area contributed by atoms with E-state index in [2.05, 4.69) is 15.3 Å². The number of rotatable bonds is 4. The second-order valence-electron chi connectivity index (χ2n) is 4.10.